The zero-order valence-corrected chi connectivity index (χ0v) is 12.8. The van der Waals surface area contributed by atoms with E-state index in [-0.39, 0.29) is 6.04 Å². The van der Waals surface area contributed by atoms with Crippen LogP contribution in [0.4, 0.5) is 0 Å². The molecule has 2 rings (SSSR count). The summed E-state index contributed by atoms with van der Waals surface area (Å²) in [6.07, 6.45) is 0.991. The zero-order chi connectivity index (χ0) is 14.5. The number of benzene rings is 1. The van der Waals surface area contributed by atoms with Crippen LogP contribution in [0.1, 0.15) is 32.1 Å². The van der Waals surface area contributed by atoms with Crippen LogP contribution >= 0.6 is 11.6 Å². The van der Waals surface area contributed by atoms with Crippen molar-refractivity contribution in [3.8, 4) is 17.1 Å². The Morgan fingerprint density at radius 3 is 2.70 bits per heavy atom. The van der Waals surface area contributed by atoms with Gasteiger partial charge >= 0.3 is 0 Å². The third kappa shape index (κ3) is 3.17. The van der Waals surface area contributed by atoms with E-state index in [4.69, 9.17) is 20.8 Å². The Kier molecular flexibility index (Phi) is 5.10. The molecule has 0 aliphatic carbocycles. The molecule has 20 heavy (non-hydrogen) atoms. The van der Waals surface area contributed by atoms with Crippen molar-refractivity contribution in [3.63, 3.8) is 0 Å². The summed E-state index contributed by atoms with van der Waals surface area (Å²) >= 11 is 6.04. The topological polar surface area (TPSA) is 34.4 Å². The van der Waals surface area contributed by atoms with E-state index in [9.17, 15) is 0 Å². The number of halogens is 1. The van der Waals surface area contributed by atoms with E-state index in [1.54, 1.807) is 7.11 Å². The van der Waals surface area contributed by atoms with Crippen LogP contribution in [-0.2, 0) is 0 Å². The van der Waals surface area contributed by atoms with Gasteiger partial charge in [0, 0.05) is 5.56 Å². The summed E-state index contributed by atoms with van der Waals surface area (Å²) in [6.45, 7) is 5.15. The Labute approximate surface area is 124 Å². The molecule has 3 nitrogen and oxygen atoms in total. The van der Waals surface area contributed by atoms with Gasteiger partial charge in [-0.1, -0.05) is 25.4 Å². The molecule has 1 aromatic heterocycles. The average molecular weight is 294 g/mol. The van der Waals surface area contributed by atoms with Crippen LogP contribution in [0.3, 0.4) is 0 Å². The second kappa shape index (κ2) is 6.82. The number of nitrogens with one attached hydrogen (secondary N) is 1. The van der Waals surface area contributed by atoms with Crippen LogP contribution < -0.4 is 10.1 Å². The highest BCUT2D eigenvalue weighted by molar-refractivity contribution is 6.32. The van der Waals surface area contributed by atoms with Crippen molar-refractivity contribution in [1.29, 1.82) is 0 Å². The summed E-state index contributed by atoms with van der Waals surface area (Å²) in [4.78, 5) is 0. The number of hydrogen-bond acceptors (Lipinski definition) is 3. The van der Waals surface area contributed by atoms with Crippen molar-refractivity contribution < 1.29 is 9.15 Å². The third-order valence-electron chi connectivity index (χ3n) is 3.26. The van der Waals surface area contributed by atoms with E-state index in [1.165, 1.54) is 0 Å². The lowest BCUT2D eigenvalue weighted by Gasteiger charge is -2.12. The molecule has 1 N–H and O–H groups in total. The van der Waals surface area contributed by atoms with Gasteiger partial charge in [-0.3, -0.25) is 0 Å². The fraction of sp³-hybridized carbons (Fsp3) is 0.375. The first-order chi connectivity index (χ1) is 9.69. The first-order valence-electron chi connectivity index (χ1n) is 6.86. The Morgan fingerprint density at radius 1 is 1.25 bits per heavy atom. The molecule has 0 bridgehead atoms. The first-order valence-corrected chi connectivity index (χ1v) is 7.24. The summed E-state index contributed by atoms with van der Waals surface area (Å²) in [7, 11) is 1.61. The van der Waals surface area contributed by atoms with Crippen molar-refractivity contribution in [1.82, 2.24) is 5.32 Å². The lowest BCUT2D eigenvalue weighted by molar-refractivity contribution is 0.412. The van der Waals surface area contributed by atoms with Crippen LogP contribution in [-0.4, -0.2) is 13.7 Å². The quantitative estimate of drug-likeness (QED) is 0.840. The smallest absolute Gasteiger partial charge is 0.138 e. The molecule has 0 radical (unpaired) electrons. The molecule has 0 spiro atoms. The predicted octanol–water partition coefficient (Wildman–Crippen LogP) is 4.67. The molecule has 0 fully saturated rings. The standard InChI is InChI=1S/C16H20ClNO2/c1-4-13(18-5-2)15-9-8-14(20-15)11-6-7-12(17)16(10-11)19-3/h6-10,13,18H,4-5H2,1-3H3. The number of hydrogen-bond donors (Lipinski definition) is 1. The molecule has 2 aromatic rings. The van der Waals surface area contributed by atoms with Crippen LogP contribution in [0.25, 0.3) is 11.3 Å². The van der Waals surface area contributed by atoms with Gasteiger partial charge in [0.2, 0.25) is 0 Å². The van der Waals surface area contributed by atoms with Gasteiger partial charge in [0.05, 0.1) is 18.2 Å². The normalized spacial score (nSPS) is 12.4. The lowest BCUT2D eigenvalue weighted by Crippen LogP contribution is -2.19. The molecule has 0 aliphatic rings. The minimum Gasteiger partial charge on any atom is -0.495 e. The second-order valence-corrected chi connectivity index (χ2v) is 4.98. The molecule has 0 saturated carbocycles. The second-order valence-electron chi connectivity index (χ2n) is 4.57. The number of rotatable bonds is 6. The molecule has 1 heterocycles. The Balaban J connectivity index is 2.28. The number of methoxy groups -OCH3 is 1. The van der Waals surface area contributed by atoms with Gasteiger partial charge in [-0.15, -0.1) is 0 Å². The van der Waals surface area contributed by atoms with Crippen molar-refractivity contribution in [3.05, 3.63) is 41.1 Å². The van der Waals surface area contributed by atoms with Gasteiger partial charge < -0.3 is 14.5 Å². The van der Waals surface area contributed by atoms with E-state index in [0.717, 1.165) is 30.0 Å². The Morgan fingerprint density at radius 2 is 2.05 bits per heavy atom. The molecule has 0 aliphatic heterocycles. The molecular weight excluding hydrogens is 274 g/mol. The largest absolute Gasteiger partial charge is 0.495 e. The SMILES string of the molecule is CCNC(CC)c1ccc(-c2ccc(Cl)c(OC)c2)o1. The molecule has 1 aromatic carbocycles. The fourth-order valence-electron chi connectivity index (χ4n) is 2.20. The van der Waals surface area contributed by atoms with Crippen LogP contribution in [0, 0.1) is 0 Å². The number of ether oxygens (including phenoxy) is 1. The molecule has 4 heteroatoms. The maximum Gasteiger partial charge on any atom is 0.138 e. The molecular formula is C16H20ClNO2. The summed E-state index contributed by atoms with van der Waals surface area (Å²) in [5, 5.41) is 4.00. The van der Waals surface area contributed by atoms with Gasteiger partial charge in [-0.05, 0) is 43.3 Å². The minimum atomic E-state index is 0.253. The molecule has 0 saturated heterocycles. The van der Waals surface area contributed by atoms with E-state index in [1.807, 2.05) is 30.3 Å². The van der Waals surface area contributed by atoms with Gasteiger partial charge in [0.15, 0.2) is 0 Å². The van der Waals surface area contributed by atoms with Gasteiger partial charge in [-0.25, -0.2) is 0 Å². The highest BCUT2D eigenvalue weighted by Crippen LogP contribution is 2.32. The van der Waals surface area contributed by atoms with E-state index >= 15 is 0 Å². The van der Waals surface area contributed by atoms with E-state index in [2.05, 4.69) is 19.2 Å². The maximum absolute atomic E-state index is 6.04. The maximum atomic E-state index is 6.04. The average Bonchev–Trinajstić information content (AvgIpc) is 2.95. The third-order valence-corrected chi connectivity index (χ3v) is 3.58. The van der Waals surface area contributed by atoms with Crippen molar-refractivity contribution >= 4 is 11.6 Å². The minimum absolute atomic E-state index is 0.253. The van der Waals surface area contributed by atoms with Crippen LogP contribution in [0.5, 0.6) is 5.75 Å². The van der Waals surface area contributed by atoms with Crippen molar-refractivity contribution in [2.24, 2.45) is 0 Å². The highest BCUT2D eigenvalue weighted by Gasteiger charge is 2.14. The Bertz CT molecular complexity index is 565. The van der Waals surface area contributed by atoms with Gasteiger partial charge in [0.25, 0.3) is 0 Å². The van der Waals surface area contributed by atoms with Gasteiger partial charge in [-0.2, -0.15) is 0 Å². The molecule has 1 atom stereocenters. The van der Waals surface area contributed by atoms with E-state index < -0.39 is 0 Å². The summed E-state index contributed by atoms with van der Waals surface area (Å²) in [5.74, 6) is 2.44. The summed E-state index contributed by atoms with van der Waals surface area (Å²) in [5.41, 5.74) is 0.962. The van der Waals surface area contributed by atoms with Crippen LogP contribution in [0.15, 0.2) is 34.7 Å². The summed E-state index contributed by atoms with van der Waals surface area (Å²) in [6, 6.07) is 9.90. The fourth-order valence-corrected chi connectivity index (χ4v) is 2.40. The zero-order valence-electron chi connectivity index (χ0n) is 12.1. The summed E-state index contributed by atoms with van der Waals surface area (Å²) < 4.78 is 11.2. The van der Waals surface area contributed by atoms with Gasteiger partial charge in [0.1, 0.15) is 17.3 Å². The van der Waals surface area contributed by atoms with Crippen LogP contribution in [0.2, 0.25) is 5.02 Å². The molecule has 1 unspecified atom stereocenters. The van der Waals surface area contributed by atoms with Crippen molar-refractivity contribution in [2.45, 2.75) is 26.3 Å². The van der Waals surface area contributed by atoms with E-state index in [0.29, 0.717) is 10.8 Å². The highest BCUT2D eigenvalue weighted by atomic mass is 35.5. The Hall–Kier alpha value is -1.45. The molecule has 108 valence electrons. The lowest BCUT2D eigenvalue weighted by atomic mass is 10.1. The predicted molar refractivity (Wildman–Crippen MR) is 82.4 cm³/mol. The monoisotopic (exact) mass is 293 g/mol. The number of furan rings is 1. The first kappa shape index (κ1) is 14.9. The van der Waals surface area contributed by atoms with Crippen molar-refractivity contribution in [2.75, 3.05) is 13.7 Å². The molecule has 0 amide bonds.